The summed E-state index contributed by atoms with van der Waals surface area (Å²) in [5, 5.41) is 9.26. The molecule has 21 heavy (non-hydrogen) atoms. The van der Waals surface area contributed by atoms with Crippen LogP contribution in [0.1, 0.15) is 37.7 Å². The Morgan fingerprint density at radius 1 is 1.24 bits per heavy atom. The van der Waals surface area contributed by atoms with E-state index in [1.807, 2.05) is 0 Å². The van der Waals surface area contributed by atoms with Crippen LogP contribution < -0.4 is 0 Å². The van der Waals surface area contributed by atoms with Gasteiger partial charge in [-0.05, 0) is 43.4 Å². The van der Waals surface area contributed by atoms with E-state index in [9.17, 15) is 18.3 Å². The zero-order valence-corrected chi connectivity index (χ0v) is 12.8. The van der Waals surface area contributed by atoms with Crippen molar-refractivity contribution in [3.8, 4) is 0 Å². The van der Waals surface area contributed by atoms with Gasteiger partial charge >= 0.3 is 5.97 Å². The van der Waals surface area contributed by atoms with Gasteiger partial charge in [0.15, 0.2) is 0 Å². The normalized spacial score (nSPS) is 21.0. The molecule has 2 fully saturated rings. The number of carboxylic acid groups (broad SMARTS) is 1. The maximum Gasteiger partial charge on any atom is 0.314 e. The molecule has 0 unspecified atom stereocenters. The lowest BCUT2D eigenvalue weighted by Gasteiger charge is -2.33. The van der Waals surface area contributed by atoms with Crippen molar-refractivity contribution in [3.05, 3.63) is 29.8 Å². The van der Waals surface area contributed by atoms with E-state index in [4.69, 9.17) is 0 Å². The Morgan fingerprint density at radius 2 is 1.81 bits per heavy atom. The summed E-state index contributed by atoms with van der Waals surface area (Å²) in [6, 6.07) is 6.44. The summed E-state index contributed by atoms with van der Waals surface area (Å²) in [7, 11) is -1.86. The molecule has 1 aromatic rings. The van der Waals surface area contributed by atoms with Crippen molar-refractivity contribution >= 4 is 16.0 Å². The van der Waals surface area contributed by atoms with Crippen LogP contribution in [0.4, 0.5) is 0 Å². The molecule has 2 aliphatic rings. The Labute approximate surface area is 124 Å². The molecule has 0 bridgehead atoms. The summed E-state index contributed by atoms with van der Waals surface area (Å²) in [5.41, 5.74) is -0.0948. The molecule has 0 radical (unpaired) electrons. The van der Waals surface area contributed by atoms with Crippen molar-refractivity contribution in [1.29, 1.82) is 0 Å². The lowest BCUT2D eigenvalue weighted by molar-refractivity contribution is -0.140. The molecule has 114 valence electrons. The first kappa shape index (κ1) is 14.5. The van der Waals surface area contributed by atoms with E-state index >= 15 is 0 Å². The summed E-state index contributed by atoms with van der Waals surface area (Å²) >= 11 is 0. The van der Waals surface area contributed by atoms with Crippen molar-refractivity contribution in [3.63, 3.8) is 0 Å². The summed E-state index contributed by atoms with van der Waals surface area (Å²) in [4.78, 5) is 11.5. The maximum absolute atomic E-state index is 12.5. The molecular weight excluding hydrogens is 290 g/mol. The van der Waals surface area contributed by atoms with E-state index in [0.29, 0.717) is 18.4 Å². The topological polar surface area (TPSA) is 74.7 Å². The van der Waals surface area contributed by atoms with Gasteiger partial charge in [-0.25, -0.2) is 8.42 Å². The Bertz CT molecular complexity index is 657. The van der Waals surface area contributed by atoms with Crippen LogP contribution in [-0.4, -0.2) is 36.9 Å². The Hall–Kier alpha value is -1.40. The van der Waals surface area contributed by atoms with Crippen LogP contribution in [0.5, 0.6) is 0 Å². The lowest BCUT2D eigenvalue weighted by Crippen LogP contribution is -2.41. The second-order valence-corrected chi connectivity index (χ2v) is 8.02. The smallest absolute Gasteiger partial charge is 0.314 e. The van der Waals surface area contributed by atoms with Gasteiger partial charge < -0.3 is 5.11 Å². The molecule has 1 N–H and O–H groups in total. The van der Waals surface area contributed by atoms with Gasteiger partial charge in [-0.2, -0.15) is 4.31 Å². The minimum atomic E-state index is -3.48. The number of nitrogens with zero attached hydrogens (tertiary/aromatic N) is 1. The third-order valence-corrected chi connectivity index (χ3v) is 6.76. The van der Waals surface area contributed by atoms with Gasteiger partial charge in [0.05, 0.1) is 10.3 Å². The van der Waals surface area contributed by atoms with Gasteiger partial charge in [0.1, 0.15) is 0 Å². The van der Waals surface area contributed by atoms with Gasteiger partial charge in [0.2, 0.25) is 10.0 Å². The molecule has 5 nitrogen and oxygen atoms in total. The second-order valence-electron chi connectivity index (χ2n) is 6.02. The van der Waals surface area contributed by atoms with E-state index in [-0.39, 0.29) is 10.9 Å². The summed E-state index contributed by atoms with van der Waals surface area (Å²) in [6.45, 7) is 0. The number of aliphatic carboxylic acids is 1. The molecular formula is C15H19NO4S. The van der Waals surface area contributed by atoms with Crippen molar-refractivity contribution in [2.24, 2.45) is 0 Å². The molecule has 0 aromatic heterocycles. The van der Waals surface area contributed by atoms with Gasteiger partial charge in [-0.15, -0.1) is 0 Å². The molecule has 0 aliphatic heterocycles. The highest BCUT2D eigenvalue weighted by Crippen LogP contribution is 2.48. The number of hydrogen-bond donors (Lipinski definition) is 1. The fourth-order valence-corrected chi connectivity index (χ4v) is 4.23. The minimum absolute atomic E-state index is 0.100. The van der Waals surface area contributed by atoms with Crippen molar-refractivity contribution in [2.75, 3.05) is 7.05 Å². The molecule has 3 rings (SSSR count). The molecule has 2 aliphatic carbocycles. The van der Waals surface area contributed by atoms with E-state index < -0.39 is 21.4 Å². The first-order valence-corrected chi connectivity index (χ1v) is 8.64. The monoisotopic (exact) mass is 309 g/mol. The number of rotatable bonds is 5. The number of sulfonamides is 1. The number of hydrogen-bond acceptors (Lipinski definition) is 3. The average molecular weight is 309 g/mol. The summed E-state index contributed by atoms with van der Waals surface area (Å²) < 4.78 is 26.4. The van der Waals surface area contributed by atoms with Crippen LogP contribution in [0.2, 0.25) is 0 Å². The zero-order valence-electron chi connectivity index (χ0n) is 11.9. The largest absolute Gasteiger partial charge is 0.481 e. The van der Waals surface area contributed by atoms with Gasteiger partial charge in [-0.1, -0.05) is 18.6 Å². The Balaban J connectivity index is 1.85. The number of benzene rings is 1. The molecule has 0 heterocycles. The SMILES string of the molecule is CN(C1CCC1)S(=O)(=O)c1ccc(C2(C(=O)O)CC2)cc1. The molecule has 6 heteroatoms. The van der Waals surface area contributed by atoms with Crippen LogP contribution in [-0.2, 0) is 20.2 Å². The average Bonchev–Trinajstić information content (AvgIpc) is 3.18. The molecule has 0 amide bonds. The third kappa shape index (κ3) is 2.26. The first-order valence-electron chi connectivity index (χ1n) is 7.20. The predicted octanol–water partition coefficient (Wildman–Crippen LogP) is 1.98. The fraction of sp³-hybridized carbons (Fsp3) is 0.533. The van der Waals surface area contributed by atoms with Crippen molar-refractivity contribution in [1.82, 2.24) is 4.31 Å². The van der Waals surface area contributed by atoms with Crippen LogP contribution in [0.3, 0.4) is 0 Å². The zero-order chi connectivity index (χ0) is 15.3. The van der Waals surface area contributed by atoms with Gasteiger partial charge in [0, 0.05) is 13.1 Å². The molecule has 0 atom stereocenters. The van der Waals surface area contributed by atoms with E-state index in [1.165, 1.54) is 16.4 Å². The quantitative estimate of drug-likeness (QED) is 0.902. The second kappa shape index (κ2) is 4.81. The lowest BCUT2D eigenvalue weighted by atomic mass is 9.94. The van der Waals surface area contributed by atoms with Crippen LogP contribution in [0.15, 0.2) is 29.2 Å². The Kier molecular flexibility index (Phi) is 3.33. The van der Waals surface area contributed by atoms with Gasteiger partial charge in [0.25, 0.3) is 0 Å². The highest BCUT2D eigenvalue weighted by Gasteiger charge is 2.51. The highest BCUT2D eigenvalue weighted by molar-refractivity contribution is 7.89. The van der Waals surface area contributed by atoms with Crippen LogP contribution in [0.25, 0.3) is 0 Å². The fourth-order valence-electron chi connectivity index (χ4n) is 2.81. The third-order valence-electron chi connectivity index (χ3n) is 4.83. The number of carboxylic acids is 1. The van der Waals surface area contributed by atoms with E-state index in [0.717, 1.165) is 19.3 Å². The van der Waals surface area contributed by atoms with Crippen LogP contribution >= 0.6 is 0 Å². The minimum Gasteiger partial charge on any atom is -0.481 e. The highest BCUT2D eigenvalue weighted by atomic mass is 32.2. The molecule has 1 aromatic carbocycles. The van der Waals surface area contributed by atoms with E-state index in [1.54, 1.807) is 19.2 Å². The number of carbonyl (C=O) groups is 1. The van der Waals surface area contributed by atoms with Crippen molar-refractivity contribution < 1.29 is 18.3 Å². The van der Waals surface area contributed by atoms with Gasteiger partial charge in [-0.3, -0.25) is 4.79 Å². The predicted molar refractivity (Wildman–Crippen MR) is 77.6 cm³/mol. The van der Waals surface area contributed by atoms with Crippen molar-refractivity contribution in [2.45, 2.75) is 48.5 Å². The first-order chi connectivity index (χ1) is 9.88. The van der Waals surface area contributed by atoms with E-state index in [2.05, 4.69) is 0 Å². The maximum atomic E-state index is 12.5. The summed E-state index contributed by atoms with van der Waals surface area (Å²) in [6.07, 6.45) is 4.14. The van der Waals surface area contributed by atoms with Crippen LogP contribution in [0, 0.1) is 0 Å². The summed E-state index contributed by atoms with van der Waals surface area (Å²) in [5.74, 6) is -0.829. The Morgan fingerprint density at radius 3 is 2.19 bits per heavy atom. The molecule has 0 spiro atoms. The molecule has 2 saturated carbocycles. The standard InChI is InChI=1S/C15H19NO4S/c1-16(12-3-2-4-12)21(19,20)13-7-5-11(6-8-13)15(9-10-15)14(17)18/h5-8,12H,2-4,9-10H2,1H3,(H,17,18). The molecule has 0 saturated heterocycles.